The molecule has 2 aliphatic rings. The Morgan fingerprint density at radius 3 is 2.70 bits per heavy atom. The maximum Gasteiger partial charge on any atom is 0.416 e. The number of carbonyl (C=O) groups excluding carboxylic acids is 1. The molecule has 5 rings (SSSR count). The van der Waals surface area contributed by atoms with Crippen LogP contribution in [0, 0.1) is 6.92 Å². The Morgan fingerprint density at radius 2 is 1.97 bits per heavy atom. The van der Waals surface area contributed by atoms with Crippen molar-refractivity contribution in [3.63, 3.8) is 0 Å². The summed E-state index contributed by atoms with van der Waals surface area (Å²) < 4.78 is 1.41. The van der Waals surface area contributed by atoms with E-state index >= 15 is 0 Å². The van der Waals surface area contributed by atoms with Crippen molar-refractivity contribution in [2.45, 2.75) is 44.7 Å². The number of hydrogen-bond donors (Lipinski definition) is 3. The van der Waals surface area contributed by atoms with Gasteiger partial charge in [0.05, 0.1) is 12.0 Å². The van der Waals surface area contributed by atoms with Gasteiger partial charge in [-0.25, -0.2) is 19.7 Å². The number of anilines is 2. The number of carboxylic acid groups (broad SMARTS) is 1. The molecule has 3 aromatic rings. The van der Waals surface area contributed by atoms with Crippen molar-refractivity contribution in [2.24, 2.45) is 0 Å². The molecule has 0 saturated heterocycles. The van der Waals surface area contributed by atoms with E-state index in [9.17, 15) is 19.5 Å². The Labute approximate surface area is 170 Å². The largest absolute Gasteiger partial charge is 0.465 e. The molecule has 10 nitrogen and oxygen atoms in total. The number of aromatic amines is 1. The van der Waals surface area contributed by atoms with Crippen molar-refractivity contribution in [3.8, 4) is 0 Å². The van der Waals surface area contributed by atoms with Crippen LogP contribution >= 0.6 is 0 Å². The molecule has 1 spiro atoms. The van der Waals surface area contributed by atoms with E-state index in [0.29, 0.717) is 35.3 Å². The number of nitrogens with zero attached hydrogens (tertiary/aromatic N) is 4. The van der Waals surface area contributed by atoms with Gasteiger partial charge in [-0.3, -0.25) is 14.2 Å². The van der Waals surface area contributed by atoms with E-state index in [-0.39, 0.29) is 11.4 Å². The summed E-state index contributed by atoms with van der Waals surface area (Å²) in [6, 6.07) is 3.30. The molecule has 1 aliphatic carbocycles. The number of hydrogen-bond acceptors (Lipinski definition) is 6. The maximum absolute atomic E-state index is 13.6. The highest BCUT2D eigenvalue weighted by Gasteiger charge is 2.54. The van der Waals surface area contributed by atoms with Crippen molar-refractivity contribution < 1.29 is 14.7 Å². The van der Waals surface area contributed by atoms with E-state index < -0.39 is 23.2 Å². The van der Waals surface area contributed by atoms with Crippen molar-refractivity contribution in [2.75, 3.05) is 5.32 Å². The summed E-state index contributed by atoms with van der Waals surface area (Å²) >= 11 is 0. The predicted molar refractivity (Wildman–Crippen MR) is 108 cm³/mol. The Morgan fingerprint density at radius 1 is 1.20 bits per heavy atom. The number of pyridine rings is 2. The first-order valence-electron chi connectivity index (χ1n) is 9.84. The summed E-state index contributed by atoms with van der Waals surface area (Å²) in [4.78, 5) is 50.8. The third-order valence-electron chi connectivity index (χ3n) is 6.06. The number of amides is 2. The smallest absolute Gasteiger partial charge is 0.416 e. The van der Waals surface area contributed by atoms with Crippen molar-refractivity contribution >= 4 is 34.5 Å². The summed E-state index contributed by atoms with van der Waals surface area (Å²) in [5.74, 6) is -0.635. The van der Waals surface area contributed by atoms with Gasteiger partial charge in [-0.2, -0.15) is 0 Å². The number of nitrogens with one attached hydrogen (secondary N) is 2. The average Bonchev–Trinajstić information content (AvgIpc) is 3.28. The molecule has 0 aromatic carbocycles. The average molecular weight is 408 g/mol. The topological polar surface area (TPSA) is 133 Å². The van der Waals surface area contributed by atoms with Crippen LogP contribution in [0.15, 0.2) is 29.5 Å². The molecule has 1 aliphatic heterocycles. The number of H-pyrrole nitrogens is 1. The standard InChI is InChI=1S/C20H20N6O4/c1-11-9-13(24-12-5-8-21-16-14(12)22-10-23-16)17(27)25-15(11)18(28)26(19(29)30)20(25)6-3-2-4-7-20/h5,8-10H,2-4,6-7H2,1H3,(H,29,30)(H2,21,22,23,24). The van der Waals surface area contributed by atoms with Crippen molar-refractivity contribution in [1.82, 2.24) is 24.4 Å². The van der Waals surface area contributed by atoms with E-state index in [4.69, 9.17) is 0 Å². The molecule has 3 aromatic heterocycles. The second-order valence-corrected chi connectivity index (χ2v) is 7.78. The first kappa shape index (κ1) is 18.3. The second-order valence-electron chi connectivity index (χ2n) is 7.78. The fourth-order valence-corrected chi connectivity index (χ4v) is 4.82. The van der Waals surface area contributed by atoms with Crippen molar-refractivity contribution in [1.29, 1.82) is 0 Å². The van der Waals surface area contributed by atoms with E-state index in [1.54, 1.807) is 25.3 Å². The van der Waals surface area contributed by atoms with Gasteiger partial charge in [-0.15, -0.1) is 0 Å². The predicted octanol–water partition coefficient (Wildman–Crippen LogP) is 2.92. The summed E-state index contributed by atoms with van der Waals surface area (Å²) in [7, 11) is 0. The minimum atomic E-state index is -1.33. The number of rotatable bonds is 2. The first-order valence-corrected chi connectivity index (χ1v) is 9.84. The Hall–Kier alpha value is -3.69. The van der Waals surface area contributed by atoms with Gasteiger partial charge < -0.3 is 15.4 Å². The number of fused-ring (bicyclic) bond motifs is 3. The molecule has 30 heavy (non-hydrogen) atoms. The number of imide groups is 1. The molecule has 0 radical (unpaired) electrons. The Kier molecular flexibility index (Phi) is 3.92. The highest BCUT2D eigenvalue weighted by atomic mass is 16.4. The normalized spacial score (nSPS) is 17.5. The van der Waals surface area contributed by atoms with Gasteiger partial charge in [0.2, 0.25) is 0 Å². The van der Waals surface area contributed by atoms with Crippen LogP contribution in [0.25, 0.3) is 11.2 Å². The zero-order chi connectivity index (χ0) is 21.0. The summed E-state index contributed by atoms with van der Waals surface area (Å²) in [5.41, 5.74) is 1.11. The lowest BCUT2D eigenvalue weighted by molar-refractivity contribution is 0.0190. The van der Waals surface area contributed by atoms with Crippen LogP contribution in [-0.2, 0) is 5.66 Å². The van der Waals surface area contributed by atoms with Gasteiger partial charge in [0.1, 0.15) is 22.6 Å². The maximum atomic E-state index is 13.6. The van der Waals surface area contributed by atoms with Gasteiger partial charge in [0, 0.05) is 6.20 Å². The minimum Gasteiger partial charge on any atom is -0.465 e. The lowest BCUT2D eigenvalue weighted by atomic mass is 9.88. The molecule has 154 valence electrons. The second kappa shape index (κ2) is 6.41. The van der Waals surface area contributed by atoms with Crippen molar-refractivity contribution in [3.05, 3.63) is 46.3 Å². The highest BCUT2D eigenvalue weighted by Crippen LogP contribution is 2.44. The molecule has 1 fully saturated rings. The molecule has 0 atom stereocenters. The zero-order valence-corrected chi connectivity index (χ0v) is 16.3. The molecule has 2 amide bonds. The van der Waals surface area contributed by atoms with Gasteiger partial charge >= 0.3 is 6.09 Å². The fourth-order valence-electron chi connectivity index (χ4n) is 4.82. The molecule has 4 heterocycles. The van der Waals surface area contributed by atoms with Gasteiger partial charge in [-0.1, -0.05) is 6.42 Å². The first-order chi connectivity index (χ1) is 14.4. The van der Waals surface area contributed by atoms with Gasteiger partial charge in [0.25, 0.3) is 11.5 Å². The third kappa shape index (κ3) is 2.39. The van der Waals surface area contributed by atoms with E-state index in [1.165, 1.54) is 10.9 Å². The molecular formula is C20H20N6O4. The summed E-state index contributed by atoms with van der Waals surface area (Å²) in [6.07, 6.45) is 5.09. The van der Waals surface area contributed by atoms with Gasteiger partial charge in [0.15, 0.2) is 5.65 Å². The van der Waals surface area contributed by atoms with Gasteiger partial charge in [-0.05, 0) is 50.3 Å². The zero-order valence-electron chi connectivity index (χ0n) is 16.3. The summed E-state index contributed by atoms with van der Waals surface area (Å²) in [5, 5.41) is 12.9. The number of aryl methyl sites for hydroxylation is 1. The lowest BCUT2D eigenvalue weighted by Gasteiger charge is -2.39. The molecular weight excluding hydrogens is 388 g/mol. The highest BCUT2D eigenvalue weighted by molar-refractivity contribution is 6.05. The van der Waals surface area contributed by atoms with Crippen LogP contribution in [0.2, 0.25) is 0 Å². The molecule has 10 heteroatoms. The number of carbonyl (C=O) groups is 2. The molecule has 0 unspecified atom stereocenters. The minimum absolute atomic E-state index is 0.148. The SMILES string of the molecule is Cc1cc(Nc2ccnc3[nH]cnc23)c(=O)n2c1C(=O)N(C(=O)O)C21CCCCC1. The van der Waals surface area contributed by atoms with Crippen LogP contribution < -0.4 is 10.9 Å². The number of imidazole rings is 1. The quantitative estimate of drug-likeness (QED) is 0.594. The van der Waals surface area contributed by atoms with Crippen LogP contribution in [-0.4, -0.2) is 41.5 Å². The lowest BCUT2D eigenvalue weighted by Crippen LogP contribution is -2.53. The summed E-state index contributed by atoms with van der Waals surface area (Å²) in [6.45, 7) is 1.72. The Bertz CT molecular complexity index is 1250. The van der Waals surface area contributed by atoms with E-state index in [0.717, 1.165) is 24.2 Å². The molecule has 0 bridgehead atoms. The monoisotopic (exact) mass is 408 g/mol. The Balaban J connectivity index is 1.71. The fraction of sp³-hybridized carbons (Fsp3) is 0.350. The van der Waals surface area contributed by atoms with E-state index in [1.807, 2.05) is 0 Å². The molecule has 3 N–H and O–H groups in total. The van der Waals surface area contributed by atoms with E-state index in [2.05, 4.69) is 20.3 Å². The van der Waals surface area contributed by atoms with Crippen LogP contribution in [0.1, 0.15) is 48.2 Å². The third-order valence-corrected chi connectivity index (χ3v) is 6.06. The van der Waals surface area contributed by atoms with Crippen LogP contribution in [0.4, 0.5) is 16.2 Å². The molecule has 1 saturated carbocycles. The number of aromatic nitrogens is 4. The van der Waals surface area contributed by atoms with Crippen LogP contribution in [0.5, 0.6) is 0 Å². The van der Waals surface area contributed by atoms with Crippen LogP contribution in [0.3, 0.4) is 0 Å².